The summed E-state index contributed by atoms with van der Waals surface area (Å²) in [6, 6.07) is 0. The Bertz CT molecular complexity index is 239. The topological polar surface area (TPSA) is 35.5 Å². The van der Waals surface area contributed by atoms with Crippen LogP contribution in [-0.2, 0) is 14.3 Å². The molecule has 0 rings (SSSR count). The molecule has 0 unspecified atom stereocenters. The van der Waals surface area contributed by atoms with Crippen LogP contribution in [0.2, 0.25) is 0 Å². The van der Waals surface area contributed by atoms with Gasteiger partial charge in [-0.1, -0.05) is 34.1 Å². The summed E-state index contributed by atoms with van der Waals surface area (Å²) in [4.78, 5) is 12.0. The summed E-state index contributed by atoms with van der Waals surface area (Å²) >= 11 is 0. The summed E-state index contributed by atoms with van der Waals surface area (Å²) < 4.78 is 10.6. The van der Waals surface area contributed by atoms with Gasteiger partial charge in [0.25, 0.3) is 0 Å². The van der Waals surface area contributed by atoms with Crippen molar-refractivity contribution in [2.45, 2.75) is 60.8 Å². The van der Waals surface area contributed by atoms with Crippen LogP contribution in [0.25, 0.3) is 0 Å². The molecule has 0 radical (unpaired) electrons. The van der Waals surface area contributed by atoms with Crippen LogP contribution in [0.1, 0.15) is 60.8 Å². The van der Waals surface area contributed by atoms with Crippen LogP contribution in [0.3, 0.4) is 0 Å². The van der Waals surface area contributed by atoms with Gasteiger partial charge < -0.3 is 9.47 Å². The SMILES string of the molecule is CCCCOCCOC(=O)C(C)(C)CC(C)(C)C. The van der Waals surface area contributed by atoms with Gasteiger partial charge in [-0.3, -0.25) is 4.79 Å². The second-order valence-electron chi connectivity index (χ2n) is 6.72. The molecule has 0 heterocycles. The van der Waals surface area contributed by atoms with Crippen molar-refractivity contribution in [2.24, 2.45) is 10.8 Å². The molecule has 18 heavy (non-hydrogen) atoms. The molecule has 0 saturated heterocycles. The van der Waals surface area contributed by atoms with E-state index in [4.69, 9.17) is 9.47 Å². The highest BCUT2D eigenvalue weighted by molar-refractivity contribution is 5.75. The van der Waals surface area contributed by atoms with Gasteiger partial charge in [-0.25, -0.2) is 0 Å². The number of ether oxygens (including phenoxy) is 2. The van der Waals surface area contributed by atoms with E-state index >= 15 is 0 Å². The molecule has 0 aliphatic carbocycles. The monoisotopic (exact) mass is 258 g/mol. The highest BCUT2D eigenvalue weighted by atomic mass is 16.6. The number of esters is 1. The average molecular weight is 258 g/mol. The van der Waals surface area contributed by atoms with Gasteiger partial charge in [0.2, 0.25) is 0 Å². The second kappa shape index (κ2) is 7.78. The van der Waals surface area contributed by atoms with Crippen molar-refractivity contribution < 1.29 is 14.3 Å². The Morgan fingerprint density at radius 2 is 1.61 bits per heavy atom. The minimum atomic E-state index is -0.429. The van der Waals surface area contributed by atoms with Gasteiger partial charge in [0.15, 0.2) is 0 Å². The number of hydrogen-bond donors (Lipinski definition) is 0. The maximum absolute atomic E-state index is 12.0. The maximum atomic E-state index is 12.0. The number of carbonyl (C=O) groups is 1. The Balaban J connectivity index is 3.87. The molecule has 0 aliphatic rings. The molecule has 0 N–H and O–H groups in total. The quantitative estimate of drug-likeness (QED) is 0.490. The summed E-state index contributed by atoms with van der Waals surface area (Å²) in [5.41, 5.74) is -0.304. The van der Waals surface area contributed by atoms with E-state index in [1.165, 1.54) is 0 Å². The van der Waals surface area contributed by atoms with Crippen LogP contribution in [0.15, 0.2) is 0 Å². The first-order valence-corrected chi connectivity index (χ1v) is 6.94. The third-order valence-electron chi connectivity index (χ3n) is 2.63. The Morgan fingerprint density at radius 3 is 2.11 bits per heavy atom. The highest BCUT2D eigenvalue weighted by Gasteiger charge is 2.33. The zero-order valence-corrected chi connectivity index (χ0v) is 13.0. The lowest BCUT2D eigenvalue weighted by Gasteiger charge is -2.30. The van der Waals surface area contributed by atoms with E-state index < -0.39 is 5.41 Å². The van der Waals surface area contributed by atoms with Gasteiger partial charge in [0.05, 0.1) is 12.0 Å². The molecule has 0 fully saturated rings. The fourth-order valence-corrected chi connectivity index (χ4v) is 2.14. The lowest BCUT2D eigenvalue weighted by atomic mass is 9.76. The highest BCUT2D eigenvalue weighted by Crippen LogP contribution is 2.33. The lowest BCUT2D eigenvalue weighted by molar-refractivity contribution is -0.157. The number of rotatable bonds is 8. The minimum absolute atomic E-state index is 0.125. The standard InChI is InChI=1S/C15H30O3/c1-7-8-9-17-10-11-18-13(16)15(5,6)12-14(2,3)4/h7-12H2,1-6H3. The molecule has 0 bridgehead atoms. The average Bonchev–Trinajstić information content (AvgIpc) is 2.19. The molecule has 0 atom stereocenters. The van der Waals surface area contributed by atoms with E-state index in [2.05, 4.69) is 27.7 Å². The van der Waals surface area contributed by atoms with Gasteiger partial charge in [-0.05, 0) is 32.1 Å². The molecule has 0 aromatic rings. The van der Waals surface area contributed by atoms with Crippen molar-refractivity contribution in [1.82, 2.24) is 0 Å². The first kappa shape index (κ1) is 17.4. The van der Waals surface area contributed by atoms with Gasteiger partial charge in [-0.2, -0.15) is 0 Å². The molecular formula is C15H30O3. The minimum Gasteiger partial charge on any atom is -0.463 e. The Hall–Kier alpha value is -0.570. The van der Waals surface area contributed by atoms with Crippen molar-refractivity contribution in [3.63, 3.8) is 0 Å². The number of hydrogen-bond acceptors (Lipinski definition) is 3. The normalized spacial score (nSPS) is 12.6. The molecule has 0 amide bonds. The van der Waals surface area contributed by atoms with Crippen LogP contribution in [0.4, 0.5) is 0 Å². The third-order valence-corrected chi connectivity index (χ3v) is 2.63. The fraction of sp³-hybridized carbons (Fsp3) is 0.933. The van der Waals surface area contributed by atoms with Gasteiger partial charge in [0, 0.05) is 6.61 Å². The van der Waals surface area contributed by atoms with Crippen LogP contribution in [-0.4, -0.2) is 25.8 Å². The maximum Gasteiger partial charge on any atom is 0.311 e. The summed E-state index contributed by atoms with van der Waals surface area (Å²) in [5.74, 6) is -0.128. The van der Waals surface area contributed by atoms with Crippen molar-refractivity contribution in [3.8, 4) is 0 Å². The van der Waals surface area contributed by atoms with Crippen LogP contribution in [0, 0.1) is 10.8 Å². The van der Waals surface area contributed by atoms with Crippen molar-refractivity contribution in [3.05, 3.63) is 0 Å². The van der Waals surface area contributed by atoms with E-state index in [9.17, 15) is 4.79 Å². The third kappa shape index (κ3) is 8.51. The molecule has 108 valence electrons. The molecule has 0 saturated carbocycles. The Morgan fingerprint density at radius 1 is 1.00 bits per heavy atom. The van der Waals surface area contributed by atoms with Gasteiger partial charge in [0.1, 0.15) is 6.61 Å². The van der Waals surface area contributed by atoms with Crippen molar-refractivity contribution >= 4 is 5.97 Å². The number of carbonyl (C=O) groups excluding carboxylic acids is 1. The molecule has 0 aromatic carbocycles. The molecular weight excluding hydrogens is 228 g/mol. The zero-order valence-electron chi connectivity index (χ0n) is 13.0. The van der Waals surface area contributed by atoms with E-state index in [-0.39, 0.29) is 11.4 Å². The van der Waals surface area contributed by atoms with Crippen LogP contribution >= 0.6 is 0 Å². The van der Waals surface area contributed by atoms with Crippen LogP contribution in [0.5, 0.6) is 0 Å². The molecule has 0 spiro atoms. The van der Waals surface area contributed by atoms with E-state index in [1.54, 1.807) is 0 Å². The summed E-state index contributed by atoms with van der Waals surface area (Å²) in [6.07, 6.45) is 3.00. The Kier molecular flexibility index (Phi) is 7.53. The van der Waals surface area contributed by atoms with Crippen LogP contribution < -0.4 is 0 Å². The largest absolute Gasteiger partial charge is 0.463 e. The first-order valence-electron chi connectivity index (χ1n) is 6.94. The Labute approximate surface area is 112 Å². The van der Waals surface area contributed by atoms with E-state index in [0.717, 1.165) is 25.9 Å². The predicted octanol–water partition coefficient (Wildman–Crippen LogP) is 3.81. The molecule has 3 heteroatoms. The smallest absolute Gasteiger partial charge is 0.311 e. The van der Waals surface area contributed by atoms with E-state index in [0.29, 0.717) is 13.2 Å². The number of unbranched alkanes of at least 4 members (excludes halogenated alkanes) is 1. The van der Waals surface area contributed by atoms with Gasteiger partial charge >= 0.3 is 5.97 Å². The molecule has 0 aromatic heterocycles. The van der Waals surface area contributed by atoms with Crippen molar-refractivity contribution in [1.29, 1.82) is 0 Å². The molecule has 0 aliphatic heterocycles. The lowest BCUT2D eigenvalue weighted by Crippen LogP contribution is -2.32. The predicted molar refractivity (Wildman–Crippen MR) is 74.5 cm³/mol. The zero-order chi connectivity index (χ0) is 14.2. The summed E-state index contributed by atoms with van der Waals surface area (Å²) in [6.45, 7) is 14.0. The molecule has 3 nitrogen and oxygen atoms in total. The summed E-state index contributed by atoms with van der Waals surface area (Å²) in [5, 5.41) is 0. The summed E-state index contributed by atoms with van der Waals surface area (Å²) in [7, 11) is 0. The second-order valence-corrected chi connectivity index (χ2v) is 6.72. The van der Waals surface area contributed by atoms with Crippen molar-refractivity contribution in [2.75, 3.05) is 19.8 Å². The first-order chi connectivity index (χ1) is 8.19. The van der Waals surface area contributed by atoms with Gasteiger partial charge in [-0.15, -0.1) is 0 Å². The van der Waals surface area contributed by atoms with E-state index in [1.807, 2.05) is 13.8 Å². The fourth-order valence-electron chi connectivity index (χ4n) is 2.14.